The first-order chi connectivity index (χ1) is 7.68. The highest BCUT2D eigenvalue weighted by molar-refractivity contribution is 5.83. The second kappa shape index (κ2) is 6.44. The Bertz CT molecular complexity index is 273. The number of carbonyl (C=O) groups excluding carboxylic acids is 1. The molecule has 0 radical (unpaired) electrons. The van der Waals surface area contributed by atoms with Crippen LogP contribution in [0.1, 0.15) is 27.7 Å². The van der Waals surface area contributed by atoms with Gasteiger partial charge in [-0.05, 0) is 12.3 Å². The van der Waals surface area contributed by atoms with E-state index in [1.807, 2.05) is 0 Å². The highest BCUT2D eigenvalue weighted by Gasteiger charge is 2.32. The quantitative estimate of drug-likeness (QED) is 0.670. The van der Waals surface area contributed by atoms with E-state index in [4.69, 9.17) is 9.84 Å². The number of ether oxygens (including phenoxy) is 1. The van der Waals surface area contributed by atoms with Crippen LogP contribution in [-0.2, 0) is 9.53 Å². The van der Waals surface area contributed by atoms with E-state index in [1.165, 1.54) is 0 Å². The molecule has 6 nitrogen and oxygen atoms in total. The van der Waals surface area contributed by atoms with Gasteiger partial charge in [0.25, 0.3) is 0 Å². The minimum atomic E-state index is -1.05. The number of urea groups is 1. The minimum Gasteiger partial charge on any atom is -0.480 e. The number of nitrogens with one attached hydrogen (secondary N) is 2. The fourth-order valence-electron chi connectivity index (χ4n) is 1.15. The number of carbonyl (C=O) groups is 2. The number of amides is 2. The summed E-state index contributed by atoms with van der Waals surface area (Å²) in [5.41, 5.74) is -0.546. The molecule has 3 N–H and O–H groups in total. The summed E-state index contributed by atoms with van der Waals surface area (Å²) < 4.78 is 4.96. The minimum absolute atomic E-state index is 0.112. The van der Waals surface area contributed by atoms with Crippen LogP contribution in [-0.4, -0.2) is 42.9 Å². The van der Waals surface area contributed by atoms with Crippen LogP contribution in [0.15, 0.2) is 0 Å². The number of carboxylic acid groups (broad SMARTS) is 1. The molecule has 100 valence electrons. The Kier molecular flexibility index (Phi) is 5.95. The first kappa shape index (κ1) is 15.7. The van der Waals surface area contributed by atoms with Crippen molar-refractivity contribution in [3.8, 4) is 0 Å². The third-order valence-corrected chi connectivity index (χ3v) is 2.34. The predicted molar refractivity (Wildman–Crippen MR) is 63.9 cm³/mol. The van der Waals surface area contributed by atoms with Gasteiger partial charge in [0.1, 0.15) is 6.04 Å². The summed E-state index contributed by atoms with van der Waals surface area (Å²) >= 11 is 0. The maximum Gasteiger partial charge on any atom is 0.326 e. The Labute approximate surface area is 102 Å². The van der Waals surface area contributed by atoms with Crippen molar-refractivity contribution in [2.24, 2.45) is 5.41 Å². The molecule has 6 heteroatoms. The van der Waals surface area contributed by atoms with Crippen LogP contribution in [0.2, 0.25) is 0 Å². The third kappa shape index (κ3) is 6.11. The molecule has 17 heavy (non-hydrogen) atoms. The highest BCUT2D eigenvalue weighted by atomic mass is 16.5. The molecule has 0 aliphatic heterocycles. The molecule has 2 unspecified atom stereocenters. The lowest BCUT2D eigenvalue weighted by molar-refractivity contribution is -0.141. The molecule has 0 bridgehead atoms. The van der Waals surface area contributed by atoms with Gasteiger partial charge in [0.2, 0.25) is 0 Å². The Balaban J connectivity index is 4.29. The van der Waals surface area contributed by atoms with Crippen molar-refractivity contribution in [1.29, 1.82) is 0 Å². The van der Waals surface area contributed by atoms with Crippen LogP contribution >= 0.6 is 0 Å². The van der Waals surface area contributed by atoms with Crippen molar-refractivity contribution in [3.05, 3.63) is 0 Å². The molecule has 0 heterocycles. The zero-order valence-electron chi connectivity index (χ0n) is 11.0. The molecule has 0 rings (SSSR count). The predicted octanol–water partition coefficient (Wildman–Crippen LogP) is 0.820. The first-order valence-electron chi connectivity index (χ1n) is 5.48. The number of aliphatic carboxylic acids is 1. The second-order valence-electron chi connectivity index (χ2n) is 5.04. The van der Waals surface area contributed by atoms with Gasteiger partial charge in [-0.3, -0.25) is 0 Å². The summed E-state index contributed by atoms with van der Waals surface area (Å²) in [4.78, 5) is 22.5. The third-order valence-electron chi connectivity index (χ3n) is 2.34. The number of carboxylic acids is 1. The normalized spacial score (nSPS) is 14.9. The summed E-state index contributed by atoms with van der Waals surface area (Å²) in [6.45, 7) is 7.40. The molecule has 2 atom stereocenters. The second-order valence-corrected chi connectivity index (χ2v) is 5.04. The van der Waals surface area contributed by atoms with Gasteiger partial charge < -0.3 is 20.5 Å². The lowest BCUT2D eigenvalue weighted by Crippen LogP contribution is -2.53. The highest BCUT2D eigenvalue weighted by Crippen LogP contribution is 2.19. The topological polar surface area (TPSA) is 87.7 Å². The molecule has 0 aromatic carbocycles. The fourth-order valence-corrected chi connectivity index (χ4v) is 1.15. The molecule has 0 aliphatic carbocycles. The standard InChI is InChI=1S/C11H22N2O4/c1-7(17-5)6-12-10(16)13-8(9(14)15)11(2,3)4/h7-8H,6H2,1-5H3,(H,14,15)(H2,12,13,16). The molecule has 0 saturated carbocycles. The molecule has 0 aromatic rings. The van der Waals surface area contributed by atoms with Crippen molar-refractivity contribution >= 4 is 12.0 Å². The zero-order valence-corrected chi connectivity index (χ0v) is 11.0. The van der Waals surface area contributed by atoms with E-state index >= 15 is 0 Å². The number of methoxy groups -OCH3 is 1. The fraction of sp³-hybridized carbons (Fsp3) is 0.818. The molecule has 0 saturated heterocycles. The molecular weight excluding hydrogens is 224 g/mol. The van der Waals surface area contributed by atoms with E-state index in [0.717, 1.165) is 0 Å². The number of hydrogen-bond acceptors (Lipinski definition) is 3. The van der Waals surface area contributed by atoms with E-state index in [-0.39, 0.29) is 6.10 Å². The Morgan fingerprint density at radius 3 is 2.24 bits per heavy atom. The van der Waals surface area contributed by atoms with Crippen LogP contribution in [0.4, 0.5) is 4.79 Å². The lowest BCUT2D eigenvalue weighted by Gasteiger charge is -2.27. The van der Waals surface area contributed by atoms with Gasteiger partial charge in [-0.1, -0.05) is 20.8 Å². The van der Waals surface area contributed by atoms with Gasteiger partial charge in [0, 0.05) is 13.7 Å². The Hall–Kier alpha value is -1.30. The molecule has 0 fully saturated rings. The average molecular weight is 246 g/mol. The van der Waals surface area contributed by atoms with Crippen LogP contribution in [0, 0.1) is 5.41 Å². The monoisotopic (exact) mass is 246 g/mol. The van der Waals surface area contributed by atoms with Crippen molar-refractivity contribution in [1.82, 2.24) is 10.6 Å². The van der Waals surface area contributed by atoms with Gasteiger partial charge >= 0.3 is 12.0 Å². The van der Waals surface area contributed by atoms with Gasteiger partial charge in [-0.15, -0.1) is 0 Å². The molecule has 2 amide bonds. The number of rotatable bonds is 5. The maximum absolute atomic E-state index is 11.5. The van der Waals surface area contributed by atoms with E-state index in [0.29, 0.717) is 6.54 Å². The van der Waals surface area contributed by atoms with Gasteiger partial charge in [0.15, 0.2) is 0 Å². The largest absolute Gasteiger partial charge is 0.480 e. The zero-order chi connectivity index (χ0) is 13.6. The average Bonchev–Trinajstić information content (AvgIpc) is 2.20. The van der Waals surface area contributed by atoms with E-state index in [2.05, 4.69) is 10.6 Å². The SMILES string of the molecule is COC(C)CNC(=O)NC(C(=O)O)C(C)(C)C. The van der Waals surface area contributed by atoms with Crippen molar-refractivity contribution in [3.63, 3.8) is 0 Å². The Morgan fingerprint density at radius 1 is 1.35 bits per heavy atom. The molecule has 0 aliphatic rings. The molecule has 0 spiro atoms. The maximum atomic E-state index is 11.5. The van der Waals surface area contributed by atoms with E-state index in [9.17, 15) is 9.59 Å². The van der Waals surface area contributed by atoms with Crippen molar-refractivity contribution < 1.29 is 19.4 Å². The first-order valence-corrected chi connectivity index (χ1v) is 5.48. The van der Waals surface area contributed by atoms with E-state index < -0.39 is 23.5 Å². The van der Waals surface area contributed by atoms with Gasteiger partial charge in [-0.25, -0.2) is 9.59 Å². The van der Waals surface area contributed by atoms with Crippen LogP contribution in [0.25, 0.3) is 0 Å². The summed E-state index contributed by atoms with van der Waals surface area (Å²) in [5, 5.41) is 14.0. The van der Waals surface area contributed by atoms with Crippen LogP contribution in [0.3, 0.4) is 0 Å². The van der Waals surface area contributed by atoms with Crippen molar-refractivity contribution in [2.75, 3.05) is 13.7 Å². The smallest absolute Gasteiger partial charge is 0.326 e. The summed E-state index contributed by atoms with van der Waals surface area (Å²) in [5.74, 6) is -1.05. The summed E-state index contributed by atoms with van der Waals surface area (Å²) in [7, 11) is 1.54. The lowest BCUT2D eigenvalue weighted by atomic mass is 9.87. The summed E-state index contributed by atoms with van der Waals surface area (Å²) in [6.07, 6.45) is -0.112. The van der Waals surface area contributed by atoms with Crippen LogP contribution in [0.5, 0.6) is 0 Å². The van der Waals surface area contributed by atoms with Crippen molar-refractivity contribution in [2.45, 2.75) is 39.8 Å². The molecular formula is C11H22N2O4. The molecule has 0 aromatic heterocycles. The summed E-state index contributed by atoms with van der Waals surface area (Å²) in [6, 6.07) is -1.43. The van der Waals surface area contributed by atoms with Gasteiger partial charge in [0.05, 0.1) is 6.10 Å². The van der Waals surface area contributed by atoms with Gasteiger partial charge in [-0.2, -0.15) is 0 Å². The Morgan fingerprint density at radius 2 is 1.88 bits per heavy atom. The van der Waals surface area contributed by atoms with E-state index in [1.54, 1.807) is 34.8 Å². The van der Waals surface area contributed by atoms with Crippen LogP contribution < -0.4 is 10.6 Å². The number of hydrogen-bond donors (Lipinski definition) is 3.